The first kappa shape index (κ1) is 31.4. The highest BCUT2D eigenvalue weighted by Gasteiger charge is 2.40. The molecule has 0 aliphatic carbocycles. The van der Waals surface area contributed by atoms with Crippen LogP contribution in [0.1, 0.15) is 75.9 Å². The lowest BCUT2D eigenvalue weighted by Crippen LogP contribution is -2.51. The van der Waals surface area contributed by atoms with E-state index in [9.17, 15) is 9.59 Å². The fraction of sp³-hybridized carbons (Fsp3) is 0.455. The molecular formula is C33H42N3O5S+. The molecule has 2 heterocycles. The van der Waals surface area contributed by atoms with Crippen molar-refractivity contribution in [2.75, 3.05) is 26.7 Å². The van der Waals surface area contributed by atoms with Gasteiger partial charge in [-0.3, -0.25) is 14.1 Å². The van der Waals surface area contributed by atoms with Crippen LogP contribution >= 0.6 is 11.7 Å². The molecule has 0 radical (unpaired) electrons. The van der Waals surface area contributed by atoms with Gasteiger partial charge in [0.25, 0.3) is 12.1 Å². The summed E-state index contributed by atoms with van der Waals surface area (Å²) < 4.78 is 27.4. The molecule has 1 aliphatic heterocycles. The Kier molecular flexibility index (Phi) is 11.3. The molecule has 0 amide bonds. The molecule has 8 nitrogen and oxygen atoms in total. The standard InChI is InChI=1S/C33H42N3O5S/c1-5-6-7-13-21-39-31-30(34-42-35-31)27-18-14-20-36(4,23-27)32(25-15-9-8-10-16-25)41-29(37)22-26-17-11-12-19-28(26)40-33(38)24(2)3/h8-12,15-19,24,32H,5-7,13-14,20-23H2,1-4H3/q+1. The predicted octanol–water partition coefficient (Wildman–Crippen LogP) is 6.78. The number of esters is 2. The molecule has 0 saturated heterocycles. The summed E-state index contributed by atoms with van der Waals surface area (Å²) in [6, 6.07) is 17.0. The highest BCUT2D eigenvalue weighted by Crippen LogP contribution is 2.37. The second kappa shape index (κ2) is 15.1. The van der Waals surface area contributed by atoms with Crippen LogP contribution in [0.4, 0.5) is 0 Å². The monoisotopic (exact) mass is 592 g/mol. The van der Waals surface area contributed by atoms with E-state index in [2.05, 4.69) is 28.8 Å². The quantitative estimate of drug-likeness (QED) is 0.0883. The van der Waals surface area contributed by atoms with Crippen LogP contribution in [-0.4, -0.2) is 51.9 Å². The number of aromatic nitrogens is 2. The molecule has 1 aromatic heterocycles. The van der Waals surface area contributed by atoms with Gasteiger partial charge in [-0.15, -0.1) is 4.37 Å². The van der Waals surface area contributed by atoms with Gasteiger partial charge in [0.15, 0.2) is 0 Å². The predicted molar refractivity (Wildman–Crippen MR) is 164 cm³/mol. The fourth-order valence-electron chi connectivity index (χ4n) is 5.08. The Balaban J connectivity index is 1.52. The van der Waals surface area contributed by atoms with Gasteiger partial charge in [0.1, 0.15) is 18.0 Å². The van der Waals surface area contributed by atoms with Crippen molar-refractivity contribution in [3.63, 3.8) is 0 Å². The minimum Gasteiger partial charge on any atom is -0.475 e. The molecule has 2 unspecified atom stereocenters. The van der Waals surface area contributed by atoms with E-state index in [1.165, 1.54) is 12.8 Å². The van der Waals surface area contributed by atoms with Crippen LogP contribution in [-0.2, 0) is 20.7 Å². The van der Waals surface area contributed by atoms with Gasteiger partial charge in [0, 0.05) is 17.6 Å². The van der Waals surface area contributed by atoms with Crippen molar-refractivity contribution in [2.45, 2.75) is 65.5 Å². The number of hydrogen-bond acceptors (Lipinski definition) is 8. The third-order valence-electron chi connectivity index (χ3n) is 7.44. The minimum atomic E-state index is -0.544. The Hall–Kier alpha value is -3.56. The third-order valence-corrected chi connectivity index (χ3v) is 7.96. The van der Waals surface area contributed by atoms with E-state index in [0.717, 1.165) is 54.4 Å². The van der Waals surface area contributed by atoms with E-state index >= 15 is 0 Å². The summed E-state index contributed by atoms with van der Waals surface area (Å²) in [7, 11) is 2.11. The molecule has 42 heavy (non-hydrogen) atoms. The van der Waals surface area contributed by atoms with Crippen molar-refractivity contribution in [3.05, 3.63) is 77.5 Å². The lowest BCUT2D eigenvalue weighted by molar-refractivity contribution is -0.953. The molecule has 224 valence electrons. The highest BCUT2D eigenvalue weighted by atomic mass is 32.1. The average molecular weight is 593 g/mol. The normalized spacial score (nSPS) is 17.4. The number of benzene rings is 2. The van der Waals surface area contributed by atoms with Gasteiger partial charge in [0.05, 0.1) is 49.8 Å². The molecule has 2 atom stereocenters. The molecule has 3 aromatic rings. The van der Waals surface area contributed by atoms with E-state index in [4.69, 9.17) is 14.2 Å². The summed E-state index contributed by atoms with van der Waals surface area (Å²) in [6.45, 7) is 7.75. The van der Waals surface area contributed by atoms with Crippen molar-refractivity contribution in [1.82, 2.24) is 8.75 Å². The van der Waals surface area contributed by atoms with Crippen LogP contribution in [0.15, 0.2) is 60.7 Å². The van der Waals surface area contributed by atoms with Crippen molar-refractivity contribution in [3.8, 4) is 11.6 Å². The summed E-state index contributed by atoms with van der Waals surface area (Å²) in [4.78, 5) is 25.7. The average Bonchev–Trinajstić information content (AvgIpc) is 3.46. The van der Waals surface area contributed by atoms with Crippen LogP contribution in [0.3, 0.4) is 0 Å². The zero-order chi connectivity index (χ0) is 30.0. The molecule has 9 heteroatoms. The summed E-state index contributed by atoms with van der Waals surface area (Å²) in [5, 5.41) is 0. The molecule has 1 aliphatic rings. The third kappa shape index (κ3) is 8.26. The van der Waals surface area contributed by atoms with Crippen molar-refractivity contribution >= 4 is 29.2 Å². The van der Waals surface area contributed by atoms with Crippen LogP contribution in [0, 0.1) is 5.92 Å². The van der Waals surface area contributed by atoms with Gasteiger partial charge in [-0.2, -0.15) is 4.37 Å². The maximum atomic E-state index is 13.5. The van der Waals surface area contributed by atoms with Crippen LogP contribution in [0.5, 0.6) is 11.6 Å². The van der Waals surface area contributed by atoms with Crippen LogP contribution in [0.25, 0.3) is 5.57 Å². The first-order valence-corrected chi connectivity index (χ1v) is 15.6. The topological polar surface area (TPSA) is 87.6 Å². The number of quaternary nitrogens is 1. The summed E-state index contributed by atoms with van der Waals surface area (Å²) in [6.07, 6.45) is 6.94. The number of carbonyl (C=O) groups is 2. The van der Waals surface area contributed by atoms with Crippen LogP contribution < -0.4 is 9.47 Å². The lowest BCUT2D eigenvalue weighted by atomic mass is 10.0. The number of nitrogens with zero attached hydrogens (tertiary/aromatic N) is 3. The minimum absolute atomic E-state index is 0.0143. The zero-order valence-electron chi connectivity index (χ0n) is 25.1. The number of para-hydroxylation sites is 1. The van der Waals surface area contributed by atoms with Crippen molar-refractivity contribution < 1.29 is 28.3 Å². The molecular weight excluding hydrogens is 550 g/mol. The fourth-order valence-corrected chi connectivity index (χ4v) is 5.61. The number of rotatable bonds is 14. The molecule has 0 N–H and O–H groups in total. The maximum Gasteiger partial charge on any atom is 0.315 e. The zero-order valence-corrected chi connectivity index (χ0v) is 25.9. The Morgan fingerprint density at radius 1 is 1.00 bits per heavy atom. The Labute approximate surface area is 253 Å². The first-order chi connectivity index (χ1) is 20.3. The molecule has 2 aromatic carbocycles. The first-order valence-electron chi connectivity index (χ1n) is 14.8. The summed E-state index contributed by atoms with van der Waals surface area (Å²) in [5.74, 6) is -0.0512. The number of likely N-dealkylation sites (N-methyl/N-ethyl adjacent to an activating group) is 1. The van der Waals surface area contributed by atoms with Crippen LogP contribution in [0.2, 0.25) is 0 Å². The second-order valence-corrected chi connectivity index (χ2v) is 11.8. The summed E-state index contributed by atoms with van der Waals surface area (Å²) >= 11 is 1.16. The Bertz CT molecular complexity index is 1360. The number of ether oxygens (including phenoxy) is 3. The molecule has 0 fully saturated rings. The van der Waals surface area contributed by atoms with E-state index in [0.29, 0.717) is 34.8 Å². The molecule has 0 saturated carbocycles. The van der Waals surface area contributed by atoms with E-state index in [1.807, 2.05) is 36.4 Å². The van der Waals surface area contributed by atoms with Crippen molar-refractivity contribution in [2.24, 2.45) is 5.92 Å². The molecule has 0 spiro atoms. The van der Waals surface area contributed by atoms with Crippen molar-refractivity contribution in [1.29, 1.82) is 0 Å². The number of carbonyl (C=O) groups excluding carboxylic acids is 2. The van der Waals surface area contributed by atoms with Gasteiger partial charge in [-0.1, -0.05) is 82.5 Å². The number of hydrogen-bond donors (Lipinski definition) is 0. The number of unbranched alkanes of at least 4 members (excludes halogenated alkanes) is 3. The SMILES string of the molecule is CCCCCCOc1nsnc1C1=CCC[N+](C)(C(OC(=O)Cc2ccccc2OC(=O)C(C)C)c2ccccc2)C1. The van der Waals surface area contributed by atoms with E-state index in [1.54, 1.807) is 32.0 Å². The van der Waals surface area contributed by atoms with Gasteiger partial charge in [-0.05, 0) is 24.6 Å². The maximum absolute atomic E-state index is 13.5. The van der Waals surface area contributed by atoms with Gasteiger partial charge < -0.3 is 14.2 Å². The second-order valence-electron chi connectivity index (χ2n) is 11.3. The van der Waals surface area contributed by atoms with Gasteiger partial charge >= 0.3 is 11.9 Å². The van der Waals surface area contributed by atoms with Gasteiger partial charge in [0.2, 0.25) is 0 Å². The molecule has 4 rings (SSSR count). The highest BCUT2D eigenvalue weighted by molar-refractivity contribution is 6.99. The van der Waals surface area contributed by atoms with E-state index in [-0.39, 0.29) is 18.3 Å². The Morgan fingerprint density at radius 2 is 1.76 bits per heavy atom. The largest absolute Gasteiger partial charge is 0.475 e. The lowest BCUT2D eigenvalue weighted by Gasteiger charge is -2.42. The van der Waals surface area contributed by atoms with E-state index < -0.39 is 12.2 Å². The summed E-state index contributed by atoms with van der Waals surface area (Å²) in [5.41, 5.74) is 3.35. The smallest absolute Gasteiger partial charge is 0.315 e. The molecule has 0 bridgehead atoms. The van der Waals surface area contributed by atoms with Gasteiger partial charge in [-0.25, -0.2) is 0 Å². The Morgan fingerprint density at radius 3 is 2.52 bits per heavy atom.